The van der Waals surface area contributed by atoms with Crippen LogP contribution in [0.4, 0.5) is 0 Å². The van der Waals surface area contributed by atoms with Gasteiger partial charge >= 0.3 is 0 Å². The third-order valence-corrected chi connectivity index (χ3v) is 3.95. The number of ether oxygens (including phenoxy) is 3. The molecule has 0 aliphatic carbocycles. The molecule has 0 radical (unpaired) electrons. The van der Waals surface area contributed by atoms with Gasteiger partial charge in [0.15, 0.2) is 0 Å². The minimum atomic E-state index is 0.191. The molecule has 4 nitrogen and oxygen atoms in total. The second kappa shape index (κ2) is 6.79. The van der Waals surface area contributed by atoms with Gasteiger partial charge in [-0.1, -0.05) is 6.07 Å². The molecule has 1 aromatic carbocycles. The van der Waals surface area contributed by atoms with E-state index < -0.39 is 0 Å². The standard InChI is InChI=1S/C18H21NO3/c1-13-16(4-3-9-19-13)17-6-5-15(20-2)12-18(17)22-14-7-10-21-11-8-14/h3-6,9,12,14H,7-8,10-11H2,1-2H3. The average Bonchev–Trinajstić information content (AvgIpc) is 2.56. The maximum atomic E-state index is 6.25. The van der Waals surface area contributed by atoms with Crippen molar-refractivity contribution in [2.45, 2.75) is 25.9 Å². The summed E-state index contributed by atoms with van der Waals surface area (Å²) in [6.45, 7) is 3.53. The first kappa shape index (κ1) is 14.9. The largest absolute Gasteiger partial charge is 0.497 e. The fraction of sp³-hybridized carbons (Fsp3) is 0.389. The molecule has 0 atom stereocenters. The van der Waals surface area contributed by atoms with Crippen LogP contribution in [0.5, 0.6) is 11.5 Å². The average molecular weight is 299 g/mol. The molecule has 1 fully saturated rings. The lowest BCUT2D eigenvalue weighted by atomic mass is 10.0. The highest BCUT2D eigenvalue weighted by molar-refractivity contribution is 5.73. The topological polar surface area (TPSA) is 40.6 Å². The highest BCUT2D eigenvalue weighted by atomic mass is 16.5. The Labute approximate surface area is 131 Å². The lowest BCUT2D eigenvalue weighted by Gasteiger charge is -2.25. The van der Waals surface area contributed by atoms with E-state index in [9.17, 15) is 0 Å². The molecule has 3 rings (SSSR count). The first-order valence-electron chi connectivity index (χ1n) is 7.62. The first-order valence-corrected chi connectivity index (χ1v) is 7.62. The van der Waals surface area contributed by atoms with E-state index in [1.165, 1.54) is 0 Å². The molecule has 0 saturated carbocycles. The molecule has 1 aliphatic rings. The summed E-state index contributed by atoms with van der Waals surface area (Å²) in [6.07, 6.45) is 3.84. The van der Waals surface area contributed by atoms with Crippen LogP contribution in [0.2, 0.25) is 0 Å². The number of hydrogen-bond acceptors (Lipinski definition) is 4. The summed E-state index contributed by atoms with van der Waals surface area (Å²) in [7, 11) is 1.67. The Morgan fingerprint density at radius 1 is 1.14 bits per heavy atom. The van der Waals surface area contributed by atoms with Gasteiger partial charge in [-0.2, -0.15) is 0 Å². The smallest absolute Gasteiger partial charge is 0.131 e. The van der Waals surface area contributed by atoms with Crippen molar-refractivity contribution in [1.82, 2.24) is 4.98 Å². The Morgan fingerprint density at radius 2 is 1.95 bits per heavy atom. The van der Waals surface area contributed by atoms with E-state index in [1.807, 2.05) is 31.2 Å². The number of hydrogen-bond donors (Lipinski definition) is 0. The molecule has 116 valence electrons. The summed E-state index contributed by atoms with van der Waals surface area (Å²) >= 11 is 0. The maximum absolute atomic E-state index is 6.25. The Morgan fingerprint density at radius 3 is 2.68 bits per heavy atom. The van der Waals surface area contributed by atoms with Gasteiger partial charge < -0.3 is 14.2 Å². The maximum Gasteiger partial charge on any atom is 0.131 e. The zero-order valence-electron chi connectivity index (χ0n) is 13.0. The number of rotatable bonds is 4. The molecule has 2 aromatic rings. The normalized spacial score (nSPS) is 15.5. The molecule has 0 N–H and O–H groups in total. The molecule has 4 heteroatoms. The monoisotopic (exact) mass is 299 g/mol. The van der Waals surface area contributed by atoms with Crippen molar-refractivity contribution in [2.75, 3.05) is 20.3 Å². The highest BCUT2D eigenvalue weighted by Gasteiger charge is 2.18. The second-order valence-electron chi connectivity index (χ2n) is 5.43. The number of aromatic nitrogens is 1. The molecule has 0 spiro atoms. The Balaban J connectivity index is 1.96. The molecule has 2 heterocycles. The summed E-state index contributed by atoms with van der Waals surface area (Å²) < 4.78 is 17.0. The van der Waals surface area contributed by atoms with Crippen LogP contribution in [0, 0.1) is 6.92 Å². The zero-order valence-corrected chi connectivity index (χ0v) is 13.0. The SMILES string of the molecule is COc1ccc(-c2cccnc2C)c(OC2CCOCC2)c1. The summed E-state index contributed by atoms with van der Waals surface area (Å²) in [4.78, 5) is 4.38. The summed E-state index contributed by atoms with van der Waals surface area (Å²) in [6, 6.07) is 9.97. The molecule has 1 aromatic heterocycles. The number of aryl methyl sites for hydroxylation is 1. The van der Waals surface area contributed by atoms with Gasteiger partial charge in [0.2, 0.25) is 0 Å². The van der Waals surface area contributed by atoms with E-state index >= 15 is 0 Å². The molecule has 0 amide bonds. The van der Waals surface area contributed by atoms with Gasteiger partial charge in [-0.05, 0) is 25.1 Å². The Bertz CT molecular complexity index is 636. The van der Waals surface area contributed by atoms with Crippen molar-refractivity contribution in [3.05, 3.63) is 42.2 Å². The van der Waals surface area contributed by atoms with Crippen molar-refractivity contribution in [3.8, 4) is 22.6 Å². The lowest BCUT2D eigenvalue weighted by Crippen LogP contribution is -2.26. The molecule has 0 unspecified atom stereocenters. The van der Waals surface area contributed by atoms with E-state index in [1.54, 1.807) is 13.3 Å². The van der Waals surface area contributed by atoms with Crippen LogP contribution < -0.4 is 9.47 Å². The van der Waals surface area contributed by atoms with Crippen LogP contribution in [0.1, 0.15) is 18.5 Å². The molecule has 1 saturated heterocycles. The van der Waals surface area contributed by atoms with Crippen molar-refractivity contribution >= 4 is 0 Å². The van der Waals surface area contributed by atoms with E-state index in [4.69, 9.17) is 14.2 Å². The van der Waals surface area contributed by atoms with Gasteiger partial charge in [-0.3, -0.25) is 4.98 Å². The van der Waals surface area contributed by atoms with Crippen LogP contribution >= 0.6 is 0 Å². The van der Waals surface area contributed by atoms with Crippen LogP contribution in [0.3, 0.4) is 0 Å². The Hall–Kier alpha value is -2.07. The third-order valence-electron chi connectivity index (χ3n) is 3.95. The van der Waals surface area contributed by atoms with E-state index in [0.29, 0.717) is 0 Å². The summed E-state index contributed by atoms with van der Waals surface area (Å²) in [5.41, 5.74) is 3.13. The summed E-state index contributed by atoms with van der Waals surface area (Å²) in [5.74, 6) is 1.65. The van der Waals surface area contributed by atoms with E-state index in [0.717, 1.165) is 54.4 Å². The third kappa shape index (κ3) is 3.22. The second-order valence-corrected chi connectivity index (χ2v) is 5.43. The van der Waals surface area contributed by atoms with Gasteiger partial charge in [-0.25, -0.2) is 0 Å². The first-order chi connectivity index (χ1) is 10.8. The Kier molecular flexibility index (Phi) is 4.59. The van der Waals surface area contributed by atoms with Crippen LogP contribution in [0.15, 0.2) is 36.5 Å². The van der Waals surface area contributed by atoms with Gasteiger partial charge in [0.1, 0.15) is 17.6 Å². The summed E-state index contributed by atoms with van der Waals surface area (Å²) in [5, 5.41) is 0. The van der Waals surface area contributed by atoms with Crippen molar-refractivity contribution in [1.29, 1.82) is 0 Å². The van der Waals surface area contributed by atoms with Crippen molar-refractivity contribution < 1.29 is 14.2 Å². The number of pyridine rings is 1. The molecule has 1 aliphatic heterocycles. The van der Waals surface area contributed by atoms with Crippen LogP contribution in [-0.4, -0.2) is 31.4 Å². The van der Waals surface area contributed by atoms with Gasteiger partial charge in [-0.15, -0.1) is 0 Å². The minimum Gasteiger partial charge on any atom is -0.497 e. The fourth-order valence-electron chi connectivity index (χ4n) is 2.69. The highest BCUT2D eigenvalue weighted by Crippen LogP contribution is 2.36. The predicted octanol–water partition coefficient (Wildman–Crippen LogP) is 3.62. The van der Waals surface area contributed by atoms with Crippen LogP contribution in [-0.2, 0) is 4.74 Å². The molecule has 0 bridgehead atoms. The number of methoxy groups -OCH3 is 1. The molecule has 22 heavy (non-hydrogen) atoms. The molecular weight excluding hydrogens is 278 g/mol. The van der Waals surface area contributed by atoms with Gasteiger partial charge in [0, 0.05) is 41.9 Å². The zero-order chi connectivity index (χ0) is 15.4. The van der Waals surface area contributed by atoms with Crippen molar-refractivity contribution in [2.24, 2.45) is 0 Å². The molecular formula is C18H21NO3. The van der Waals surface area contributed by atoms with E-state index in [2.05, 4.69) is 11.1 Å². The van der Waals surface area contributed by atoms with Crippen LogP contribution in [0.25, 0.3) is 11.1 Å². The lowest BCUT2D eigenvalue weighted by molar-refractivity contribution is 0.0257. The van der Waals surface area contributed by atoms with E-state index in [-0.39, 0.29) is 6.10 Å². The minimum absolute atomic E-state index is 0.191. The van der Waals surface area contributed by atoms with Gasteiger partial charge in [0.25, 0.3) is 0 Å². The van der Waals surface area contributed by atoms with Gasteiger partial charge in [0.05, 0.1) is 20.3 Å². The fourth-order valence-corrected chi connectivity index (χ4v) is 2.69. The quantitative estimate of drug-likeness (QED) is 0.864. The number of nitrogens with zero attached hydrogens (tertiary/aromatic N) is 1. The van der Waals surface area contributed by atoms with Crippen molar-refractivity contribution in [3.63, 3.8) is 0 Å². The number of benzene rings is 1. The predicted molar refractivity (Wildman–Crippen MR) is 85.4 cm³/mol.